The maximum atomic E-state index is 12.6. The van der Waals surface area contributed by atoms with E-state index < -0.39 is 15.1 Å². The summed E-state index contributed by atoms with van der Waals surface area (Å²) in [6.45, 7) is 7.34. The van der Waals surface area contributed by atoms with Crippen molar-refractivity contribution in [3.8, 4) is 0 Å². The molecule has 0 bridgehead atoms. The van der Waals surface area contributed by atoms with Gasteiger partial charge < -0.3 is 20.4 Å². The largest absolute Gasteiger partial charge is 0.368 e. The number of nitrogens with zero attached hydrogens (tertiary/aromatic N) is 2. The summed E-state index contributed by atoms with van der Waals surface area (Å²) in [7, 11) is -3.21. The number of hydrogen-bond acceptors (Lipinski definition) is 5. The monoisotopic (exact) mass is 448 g/mol. The Kier molecular flexibility index (Phi) is 6.14. The SMILES string of the molecule is Cc1cccc(N2CCN(C(=O)CCCCC3C4NC(=O)NC4CS3(=O)=O)CC2)c1C. The standard InChI is InChI=1S/C22H32N4O4S/c1-15-6-5-7-18(16(15)2)25-10-12-26(13-11-25)20(27)9-4-3-8-19-21-17(14-31(19,29)30)23-22(28)24-21/h5-7,17,19,21H,3-4,8-14H2,1-2H3,(H2,23,24,28). The molecule has 3 saturated heterocycles. The Morgan fingerprint density at radius 2 is 1.84 bits per heavy atom. The lowest BCUT2D eigenvalue weighted by molar-refractivity contribution is -0.131. The lowest BCUT2D eigenvalue weighted by atomic mass is 10.0. The van der Waals surface area contributed by atoms with Crippen molar-refractivity contribution in [1.82, 2.24) is 15.5 Å². The van der Waals surface area contributed by atoms with Crippen LogP contribution in [-0.2, 0) is 14.6 Å². The minimum absolute atomic E-state index is 0.00466. The van der Waals surface area contributed by atoms with Crippen LogP contribution in [0.2, 0.25) is 0 Å². The first-order chi connectivity index (χ1) is 14.8. The van der Waals surface area contributed by atoms with Crippen LogP contribution < -0.4 is 15.5 Å². The Bertz CT molecular complexity index is 956. The normalized spacial score (nSPS) is 27.0. The van der Waals surface area contributed by atoms with Gasteiger partial charge in [-0.15, -0.1) is 0 Å². The average Bonchev–Trinajstić information content (AvgIpc) is 3.18. The van der Waals surface area contributed by atoms with Crippen molar-refractivity contribution in [3.63, 3.8) is 0 Å². The summed E-state index contributed by atoms with van der Waals surface area (Å²) in [5.74, 6) is 0.147. The molecule has 170 valence electrons. The predicted molar refractivity (Wildman–Crippen MR) is 120 cm³/mol. The molecule has 3 fully saturated rings. The quantitative estimate of drug-likeness (QED) is 0.506. The van der Waals surface area contributed by atoms with Crippen LogP contribution in [-0.4, -0.2) is 74.5 Å². The van der Waals surface area contributed by atoms with E-state index in [4.69, 9.17) is 0 Å². The van der Waals surface area contributed by atoms with Crippen LogP contribution in [0, 0.1) is 13.8 Å². The van der Waals surface area contributed by atoms with Crippen LogP contribution in [0.1, 0.15) is 36.8 Å². The van der Waals surface area contributed by atoms with Crippen molar-refractivity contribution < 1.29 is 18.0 Å². The fraction of sp³-hybridized carbons (Fsp3) is 0.636. The topological polar surface area (TPSA) is 98.8 Å². The molecule has 3 amide bonds. The highest BCUT2D eigenvalue weighted by Crippen LogP contribution is 2.29. The number of urea groups is 1. The molecule has 8 nitrogen and oxygen atoms in total. The van der Waals surface area contributed by atoms with Gasteiger partial charge in [0, 0.05) is 38.3 Å². The summed E-state index contributed by atoms with van der Waals surface area (Å²) in [6, 6.07) is 5.39. The first-order valence-corrected chi connectivity index (χ1v) is 12.9. The molecule has 3 heterocycles. The number of piperazine rings is 1. The van der Waals surface area contributed by atoms with Crippen molar-refractivity contribution in [2.24, 2.45) is 0 Å². The molecule has 0 aliphatic carbocycles. The van der Waals surface area contributed by atoms with Gasteiger partial charge in [0.2, 0.25) is 5.91 Å². The van der Waals surface area contributed by atoms with Crippen LogP contribution in [0.5, 0.6) is 0 Å². The van der Waals surface area contributed by atoms with Gasteiger partial charge in [0.1, 0.15) is 0 Å². The second kappa shape index (κ2) is 8.68. The van der Waals surface area contributed by atoms with Crippen LogP contribution in [0.3, 0.4) is 0 Å². The summed E-state index contributed by atoms with van der Waals surface area (Å²) < 4.78 is 24.8. The van der Waals surface area contributed by atoms with E-state index in [1.165, 1.54) is 16.8 Å². The predicted octanol–water partition coefficient (Wildman–Crippen LogP) is 1.36. The first-order valence-electron chi connectivity index (χ1n) is 11.1. The number of fused-ring (bicyclic) bond motifs is 1. The van der Waals surface area contributed by atoms with Crippen LogP contribution >= 0.6 is 0 Å². The van der Waals surface area contributed by atoms with Gasteiger partial charge in [-0.1, -0.05) is 18.6 Å². The zero-order valence-corrected chi connectivity index (χ0v) is 19.1. The summed E-state index contributed by atoms with van der Waals surface area (Å²) in [5, 5.41) is 4.87. The maximum absolute atomic E-state index is 12.6. The molecule has 9 heteroatoms. The minimum atomic E-state index is -3.21. The van der Waals surface area contributed by atoms with Gasteiger partial charge in [-0.2, -0.15) is 0 Å². The molecule has 0 radical (unpaired) electrons. The molecule has 3 unspecified atom stereocenters. The number of nitrogens with one attached hydrogen (secondary N) is 2. The number of anilines is 1. The van der Waals surface area contributed by atoms with E-state index >= 15 is 0 Å². The molecular formula is C22H32N4O4S. The number of benzene rings is 1. The Balaban J connectivity index is 1.21. The third kappa shape index (κ3) is 4.51. The second-order valence-corrected chi connectivity index (χ2v) is 11.2. The highest BCUT2D eigenvalue weighted by molar-refractivity contribution is 7.92. The molecule has 1 aromatic carbocycles. The van der Waals surface area contributed by atoms with Gasteiger partial charge in [-0.25, -0.2) is 13.2 Å². The lowest BCUT2D eigenvalue weighted by Gasteiger charge is -2.37. The van der Waals surface area contributed by atoms with Crippen molar-refractivity contribution in [3.05, 3.63) is 29.3 Å². The molecule has 3 aliphatic heterocycles. The van der Waals surface area contributed by atoms with Gasteiger partial charge in [0.15, 0.2) is 9.84 Å². The molecule has 0 aromatic heterocycles. The van der Waals surface area contributed by atoms with E-state index in [2.05, 4.69) is 47.6 Å². The number of unbranched alkanes of at least 4 members (excludes halogenated alkanes) is 1. The van der Waals surface area contributed by atoms with Gasteiger partial charge in [-0.3, -0.25) is 4.79 Å². The third-order valence-corrected chi connectivity index (χ3v) is 9.27. The van der Waals surface area contributed by atoms with Gasteiger partial charge >= 0.3 is 6.03 Å². The minimum Gasteiger partial charge on any atom is -0.368 e. The molecule has 0 spiro atoms. The number of carbonyl (C=O) groups is 2. The van der Waals surface area contributed by atoms with Crippen LogP contribution in [0.25, 0.3) is 0 Å². The van der Waals surface area contributed by atoms with Gasteiger partial charge in [-0.05, 0) is 43.9 Å². The molecule has 3 atom stereocenters. The third-order valence-electron chi connectivity index (χ3n) is 7.00. The van der Waals surface area contributed by atoms with E-state index in [1.54, 1.807) is 0 Å². The molecule has 4 rings (SSSR count). The van der Waals surface area contributed by atoms with Crippen molar-refractivity contribution in [2.45, 2.75) is 56.9 Å². The van der Waals surface area contributed by atoms with Gasteiger partial charge in [0.25, 0.3) is 0 Å². The fourth-order valence-corrected chi connectivity index (χ4v) is 7.33. The summed E-state index contributed by atoms with van der Waals surface area (Å²) in [5.41, 5.74) is 3.82. The Labute approximate surface area is 184 Å². The van der Waals surface area contributed by atoms with E-state index in [9.17, 15) is 18.0 Å². The molecular weight excluding hydrogens is 416 g/mol. The zero-order chi connectivity index (χ0) is 22.2. The van der Waals surface area contributed by atoms with Crippen molar-refractivity contribution in [1.29, 1.82) is 0 Å². The zero-order valence-electron chi connectivity index (χ0n) is 18.3. The lowest BCUT2D eigenvalue weighted by Crippen LogP contribution is -2.49. The second-order valence-electron chi connectivity index (χ2n) is 8.95. The molecule has 2 N–H and O–H groups in total. The number of sulfone groups is 1. The maximum Gasteiger partial charge on any atom is 0.315 e. The first kappa shape index (κ1) is 21.9. The fourth-order valence-electron chi connectivity index (χ4n) is 5.06. The number of hydrogen-bond donors (Lipinski definition) is 2. The summed E-state index contributed by atoms with van der Waals surface area (Å²) in [6.07, 6.45) is 2.26. The van der Waals surface area contributed by atoms with E-state index in [-0.39, 0.29) is 29.8 Å². The van der Waals surface area contributed by atoms with Crippen molar-refractivity contribution >= 4 is 27.5 Å². The van der Waals surface area contributed by atoms with E-state index in [1.807, 2.05) is 4.90 Å². The Morgan fingerprint density at radius 3 is 2.58 bits per heavy atom. The number of amides is 3. The smallest absolute Gasteiger partial charge is 0.315 e. The molecule has 1 aromatic rings. The van der Waals surface area contributed by atoms with Crippen LogP contribution in [0.15, 0.2) is 18.2 Å². The van der Waals surface area contributed by atoms with Crippen molar-refractivity contribution in [2.75, 3.05) is 36.8 Å². The summed E-state index contributed by atoms with van der Waals surface area (Å²) >= 11 is 0. The van der Waals surface area contributed by atoms with Gasteiger partial charge in [0.05, 0.1) is 23.1 Å². The van der Waals surface area contributed by atoms with E-state index in [0.717, 1.165) is 13.1 Å². The highest BCUT2D eigenvalue weighted by Gasteiger charge is 2.51. The van der Waals surface area contributed by atoms with Crippen LogP contribution in [0.4, 0.5) is 10.5 Å². The number of aryl methyl sites for hydroxylation is 1. The average molecular weight is 449 g/mol. The number of carbonyl (C=O) groups excluding carboxylic acids is 2. The number of rotatable bonds is 6. The summed E-state index contributed by atoms with van der Waals surface area (Å²) in [4.78, 5) is 28.4. The van der Waals surface area contributed by atoms with E-state index in [0.29, 0.717) is 38.8 Å². The molecule has 3 aliphatic rings. The molecule has 0 saturated carbocycles. The Hall–Kier alpha value is -2.29. The highest BCUT2D eigenvalue weighted by atomic mass is 32.2. The molecule has 31 heavy (non-hydrogen) atoms. The Morgan fingerprint density at radius 1 is 1.10 bits per heavy atom.